The van der Waals surface area contributed by atoms with E-state index in [1.54, 1.807) is 4.90 Å². The van der Waals surface area contributed by atoms with Crippen molar-refractivity contribution >= 4 is 17.7 Å². The van der Waals surface area contributed by atoms with Crippen LogP contribution in [0.25, 0.3) is 17.0 Å². The summed E-state index contributed by atoms with van der Waals surface area (Å²) in [4.78, 5) is 31.0. The third-order valence-corrected chi connectivity index (χ3v) is 7.26. The number of aromatic nitrogens is 1. The Morgan fingerprint density at radius 2 is 1.68 bits per heavy atom. The third kappa shape index (κ3) is 6.20. The van der Waals surface area contributed by atoms with Crippen LogP contribution >= 0.6 is 0 Å². The summed E-state index contributed by atoms with van der Waals surface area (Å²) in [5.74, 6) is -0.0422. The van der Waals surface area contributed by atoms with E-state index in [9.17, 15) is 9.59 Å². The Kier molecular flexibility index (Phi) is 7.94. The second-order valence-corrected chi connectivity index (χ2v) is 11.5. The monoisotopic (exact) mass is 538 g/mol. The lowest BCUT2D eigenvalue weighted by Gasteiger charge is -2.42. The van der Waals surface area contributed by atoms with Gasteiger partial charge in [0.25, 0.3) is 5.91 Å². The molecule has 0 bridgehead atoms. The fourth-order valence-electron chi connectivity index (χ4n) is 5.35. The number of carbonyl (C=O) groups excluding carboxylic acids is 2. The molecular formula is C33H38N4O3. The summed E-state index contributed by atoms with van der Waals surface area (Å²) < 4.78 is 7.75. The second-order valence-electron chi connectivity index (χ2n) is 11.5. The third-order valence-electron chi connectivity index (χ3n) is 7.26. The minimum Gasteiger partial charge on any atom is -0.444 e. The number of hydrogen-bond acceptors (Lipinski definition) is 4. The molecule has 2 atom stereocenters. The quantitative estimate of drug-likeness (QED) is 0.459. The van der Waals surface area contributed by atoms with Crippen molar-refractivity contribution in [3.63, 3.8) is 0 Å². The van der Waals surface area contributed by atoms with Crippen LogP contribution in [0, 0.1) is 0 Å². The van der Waals surface area contributed by atoms with E-state index >= 15 is 0 Å². The van der Waals surface area contributed by atoms with Crippen LogP contribution in [0.5, 0.6) is 0 Å². The van der Waals surface area contributed by atoms with Gasteiger partial charge in [-0.15, -0.1) is 0 Å². The molecule has 7 nitrogen and oxygen atoms in total. The Labute approximate surface area is 236 Å². The van der Waals surface area contributed by atoms with Gasteiger partial charge in [-0.3, -0.25) is 4.79 Å². The van der Waals surface area contributed by atoms with Gasteiger partial charge in [0.2, 0.25) is 0 Å². The SMILES string of the molecule is CC(C)(C)OC(=O)N1CCN(C(=O)c2ccn(C3=CCC(N)C=C3)c2-c2ccccc2)C(Cc2ccccc2)C1. The largest absolute Gasteiger partial charge is 0.444 e. The van der Waals surface area contributed by atoms with E-state index in [1.165, 1.54) is 0 Å². The Morgan fingerprint density at radius 1 is 0.975 bits per heavy atom. The van der Waals surface area contributed by atoms with Gasteiger partial charge in [0, 0.05) is 37.6 Å². The molecule has 0 saturated carbocycles. The number of nitrogens with two attached hydrogens (primary N) is 1. The number of rotatable bonds is 5. The highest BCUT2D eigenvalue weighted by molar-refractivity contribution is 6.01. The van der Waals surface area contributed by atoms with E-state index in [-0.39, 0.29) is 24.1 Å². The Balaban J connectivity index is 1.49. The van der Waals surface area contributed by atoms with Crippen molar-refractivity contribution in [3.05, 3.63) is 102 Å². The van der Waals surface area contributed by atoms with Crippen LogP contribution < -0.4 is 5.73 Å². The molecule has 1 aliphatic carbocycles. The lowest BCUT2D eigenvalue weighted by Crippen LogP contribution is -2.57. The first kappa shape index (κ1) is 27.5. The number of nitrogens with zero attached hydrogens (tertiary/aromatic N) is 3. The first-order valence-corrected chi connectivity index (χ1v) is 13.9. The first-order valence-electron chi connectivity index (χ1n) is 13.9. The molecule has 2 amide bonds. The molecule has 1 saturated heterocycles. The predicted molar refractivity (Wildman–Crippen MR) is 159 cm³/mol. The highest BCUT2D eigenvalue weighted by atomic mass is 16.6. The average Bonchev–Trinajstić information content (AvgIpc) is 3.38. The molecule has 208 valence electrons. The summed E-state index contributed by atoms with van der Waals surface area (Å²) in [6, 6.07) is 21.8. The maximum atomic E-state index is 14.4. The van der Waals surface area contributed by atoms with Crippen LogP contribution in [0.15, 0.2) is 91.2 Å². The smallest absolute Gasteiger partial charge is 0.410 e. The summed E-state index contributed by atoms with van der Waals surface area (Å²) >= 11 is 0. The molecule has 3 aromatic rings. The number of piperazine rings is 1. The van der Waals surface area contributed by atoms with Gasteiger partial charge in [-0.25, -0.2) is 4.79 Å². The van der Waals surface area contributed by atoms with Gasteiger partial charge in [0.05, 0.1) is 17.3 Å². The van der Waals surface area contributed by atoms with E-state index in [2.05, 4.69) is 22.8 Å². The normalized spacial score (nSPS) is 19.4. The maximum Gasteiger partial charge on any atom is 0.410 e. The number of allylic oxidation sites excluding steroid dienone is 2. The predicted octanol–water partition coefficient (Wildman–Crippen LogP) is 5.59. The van der Waals surface area contributed by atoms with E-state index < -0.39 is 5.60 Å². The molecule has 0 radical (unpaired) electrons. The molecular weight excluding hydrogens is 500 g/mol. The molecule has 2 unspecified atom stereocenters. The molecule has 7 heteroatoms. The van der Waals surface area contributed by atoms with Crippen LogP contribution in [0.2, 0.25) is 0 Å². The first-order chi connectivity index (χ1) is 19.2. The standard InChI is InChI=1S/C33H38N4O3/c1-33(2,3)40-32(39)35-20-21-37(28(23-35)22-24-10-6-4-7-11-24)31(38)29-18-19-36(27-16-14-26(34)15-17-27)30(29)25-12-8-5-9-13-25/h4-14,16-19,26,28H,15,20-23,34H2,1-3H3. The molecule has 2 aliphatic rings. The summed E-state index contributed by atoms with van der Waals surface area (Å²) in [6.07, 6.45) is 9.13. The summed E-state index contributed by atoms with van der Waals surface area (Å²) in [5, 5.41) is 0. The van der Waals surface area contributed by atoms with Crippen molar-refractivity contribution in [2.45, 2.75) is 51.3 Å². The molecule has 1 aliphatic heterocycles. The lowest BCUT2D eigenvalue weighted by atomic mass is 10.00. The molecule has 5 rings (SSSR count). The van der Waals surface area contributed by atoms with Crippen molar-refractivity contribution in [3.8, 4) is 11.3 Å². The van der Waals surface area contributed by atoms with Gasteiger partial charge < -0.3 is 24.8 Å². The van der Waals surface area contributed by atoms with Crippen LogP contribution in [0.4, 0.5) is 4.79 Å². The van der Waals surface area contributed by atoms with Crippen LogP contribution in [-0.4, -0.2) is 63.7 Å². The van der Waals surface area contributed by atoms with Crippen LogP contribution in [0.3, 0.4) is 0 Å². The summed E-state index contributed by atoms with van der Waals surface area (Å²) in [5.41, 5.74) is 10.1. The number of amides is 2. The fraction of sp³-hybridized carbons (Fsp3) is 0.333. The van der Waals surface area contributed by atoms with E-state index in [0.717, 1.165) is 28.9 Å². The van der Waals surface area contributed by atoms with Gasteiger partial charge in [-0.05, 0) is 56.9 Å². The molecule has 0 spiro atoms. The fourth-order valence-corrected chi connectivity index (χ4v) is 5.35. The molecule has 2 N–H and O–H groups in total. The van der Waals surface area contributed by atoms with Gasteiger partial charge in [0.1, 0.15) is 5.60 Å². The van der Waals surface area contributed by atoms with Crippen molar-refractivity contribution in [2.24, 2.45) is 5.73 Å². The van der Waals surface area contributed by atoms with Crippen molar-refractivity contribution in [1.82, 2.24) is 14.4 Å². The highest BCUT2D eigenvalue weighted by Gasteiger charge is 2.36. The van der Waals surface area contributed by atoms with Crippen molar-refractivity contribution in [2.75, 3.05) is 19.6 Å². The van der Waals surface area contributed by atoms with Crippen molar-refractivity contribution in [1.29, 1.82) is 0 Å². The Hall–Kier alpha value is -4.10. The molecule has 40 heavy (non-hydrogen) atoms. The van der Waals surface area contributed by atoms with Crippen LogP contribution in [-0.2, 0) is 11.2 Å². The number of hydrogen-bond donors (Lipinski definition) is 1. The zero-order valence-corrected chi connectivity index (χ0v) is 23.5. The van der Waals surface area contributed by atoms with E-state index in [1.807, 2.05) is 98.6 Å². The zero-order chi connectivity index (χ0) is 28.3. The number of carbonyl (C=O) groups is 2. The van der Waals surface area contributed by atoms with Gasteiger partial charge in [-0.2, -0.15) is 0 Å². The minimum absolute atomic E-state index is 0.000559. The van der Waals surface area contributed by atoms with Gasteiger partial charge in [0.15, 0.2) is 0 Å². The lowest BCUT2D eigenvalue weighted by molar-refractivity contribution is 0.00440. The van der Waals surface area contributed by atoms with Crippen molar-refractivity contribution < 1.29 is 14.3 Å². The molecule has 1 aromatic heterocycles. The maximum absolute atomic E-state index is 14.4. The van der Waals surface area contributed by atoms with Gasteiger partial charge in [-0.1, -0.05) is 72.8 Å². The summed E-state index contributed by atoms with van der Waals surface area (Å²) in [7, 11) is 0. The number of benzene rings is 2. The Bertz CT molecular complexity index is 1400. The highest BCUT2D eigenvalue weighted by Crippen LogP contribution is 2.32. The topological polar surface area (TPSA) is 80.8 Å². The number of ether oxygens (including phenoxy) is 1. The minimum atomic E-state index is -0.585. The molecule has 2 aromatic carbocycles. The average molecular weight is 539 g/mol. The van der Waals surface area contributed by atoms with Gasteiger partial charge >= 0.3 is 6.09 Å². The van der Waals surface area contributed by atoms with Crippen LogP contribution in [0.1, 0.15) is 43.1 Å². The Morgan fingerprint density at radius 3 is 2.33 bits per heavy atom. The molecule has 2 heterocycles. The molecule has 1 fully saturated rings. The van der Waals surface area contributed by atoms with E-state index in [4.69, 9.17) is 10.5 Å². The zero-order valence-electron chi connectivity index (χ0n) is 23.5. The second kappa shape index (κ2) is 11.6. The summed E-state index contributed by atoms with van der Waals surface area (Å²) in [6.45, 7) is 6.85. The van der Waals surface area contributed by atoms with E-state index in [0.29, 0.717) is 31.6 Å².